The predicted molar refractivity (Wildman–Crippen MR) is 241 cm³/mol. The summed E-state index contributed by atoms with van der Waals surface area (Å²) in [6.45, 7) is 9.62. The van der Waals surface area contributed by atoms with Gasteiger partial charge in [-0.05, 0) is 92.1 Å². The highest BCUT2D eigenvalue weighted by molar-refractivity contribution is 8.05. The minimum Gasteiger partial charge on any atom is -0.0905 e. The smallest absolute Gasteiger partial charge is 0.0347 e. The van der Waals surface area contributed by atoms with Crippen molar-refractivity contribution in [3.8, 4) is 33.4 Å². The molecule has 0 amide bonds. The second-order valence-corrected chi connectivity index (χ2v) is 18.0. The maximum atomic E-state index is 4.82. The summed E-state index contributed by atoms with van der Waals surface area (Å²) in [6.07, 6.45) is 0. The molecule has 0 nitrogen and oxygen atoms in total. The van der Waals surface area contributed by atoms with Crippen LogP contribution >= 0.6 is 47.0 Å². The van der Waals surface area contributed by atoms with Crippen molar-refractivity contribution in [3.63, 3.8) is 0 Å². The molecule has 0 fully saturated rings. The van der Waals surface area contributed by atoms with E-state index < -0.39 is 0 Å². The molecule has 266 valence electrons. The first-order valence-corrected chi connectivity index (χ1v) is 21.8. The fourth-order valence-electron chi connectivity index (χ4n) is 7.68. The van der Waals surface area contributed by atoms with Gasteiger partial charge in [0.2, 0.25) is 0 Å². The van der Waals surface area contributed by atoms with Crippen molar-refractivity contribution < 1.29 is 0 Å². The Bertz CT molecular complexity index is 2820. The van der Waals surface area contributed by atoms with Gasteiger partial charge in [0.05, 0.1) is 0 Å². The molecule has 0 atom stereocenters. The summed E-state index contributed by atoms with van der Waals surface area (Å²) in [5, 5.41) is 0. The predicted octanol–water partition coefficient (Wildman–Crippen LogP) is 16.0. The number of fused-ring (bicyclic) bond motifs is 4. The van der Waals surface area contributed by atoms with Crippen molar-refractivity contribution in [1.82, 2.24) is 0 Å². The normalized spacial score (nSPS) is 12.5. The molecule has 0 radical (unpaired) electrons. The minimum atomic E-state index is 1.00. The topological polar surface area (TPSA) is 0 Å². The Morgan fingerprint density at radius 2 is 0.714 bits per heavy atom. The molecular formula is C52H34S4. The Morgan fingerprint density at radius 3 is 1.23 bits per heavy atom. The highest BCUT2D eigenvalue weighted by Gasteiger charge is 2.31. The van der Waals surface area contributed by atoms with Gasteiger partial charge in [0.25, 0.3) is 0 Å². The monoisotopic (exact) mass is 786 g/mol. The lowest BCUT2D eigenvalue weighted by molar-refractivity contribution is 1.15. The highest BCUT2D eigenvalue weighted by Crippen LogP contribution is 2.59. The molecule has 0 N–H and O–H groups in total. The van der Waals surface area contributed by atoms with Gasteiger partial charge in [0.15, 0.2) is 0 Å². The fraction of sp³-hybridized carbons (Fsp3) is 0. The summed E-state index contributed by atoms with van der Waals surface area (Å²) < 4.78 is 0. The molecule has 0 saturated heterocycles. The van der Waals surface area contributed by atoms with Crippen LogP contribution in [0, 0.1) is 0 Å². The molecule has 4 heteroatoms. The molecule has 10 rings (SSSR count). The third-order valence-electron chi connectivity index (χ3n) is 10.4. The van der Waals surface area contributed by atoms with Gasteiger partial charge in [-0.25, -0.2) is 0 Å². The Balaban J connectivity index is 1.33. The standard InChI is InChI=1S/C52H34S4/c1-33(35-17-6-3-7-18-35)38-29-31-46-51(55-44-27-14-12-25-42(44)53-46)49(38)41-24-16-23-40(37-21-10-5-11-22-37)48(41)50-39(34(2)36-19-8-4-9-20-36)30-32-47-52(50)56-45-28-15-13-26-43(45)54-47/h3-32H,1-2H2. The van der Waals surface area contributed by atoms with Crippen LogP contribution in [0.15, 0.2) is 234 Å². The SMILES string of the molecule is C=C(c1ccccc1)c1ccc2c(c1-c1cccc(-c3ccccc3)c1-c1c(C(=C)c3ccccc3)ccc3c1Sc1ccccc1S3)Sc1ccccc1S2. The molecule has 56 heavy (non-hydrogen) atoms. The third kappa shape index (κ3) is 6.27. The maximum absolute atomic E-state index is 4.82. The maximum Gasteiger partial charge on any atom is 0.0347 e. The Labute approximate surface area is 345 Å². The largest absolute Gasteiger partial charge is 0.0905 e. The second kappa shape index (κ2) is 14.9. The van der Waals surface area contributed by atoms with E-state index in [0.717, 1.165) is 33.4 Å². The van der Waals surface area contributed by atoms with Crippen molar-refractivity contribution in [2.75, 3.05) is 0 Å². The van der Waals surface area contributed by atoms with E-state index in [-0.39, 0.29) is 0 Å². The lowest BCUT2D eigenvalue weighted by Gasteiger charge is -2.29. The van der Waals surface area contributed by atoms with Gasteiger partial charge in [-0.15, -0.1) is 0 Å². The van der Waals surface area contributed by atoms with Crippen molar-refractivity contribution in [2.24, 2.45) is 0 Å². The fourth-order valence-corrected chi connectivity index (χ4v) is 12.5. The molecule has 2 aliphatic heterocycles. The molecule has 2 aliphatic rings. The minimum absolute atomic E-state index is 1.00. The molecule has 0 unspecified atom stereocenters. The summed E-state index contributed by atoms with van der Waals surface area (Å²) in [5.74, 6) is 0. The van der Waals surface area contributed by atoms with Crippen LogP contribution in [0.5, 0.6) is 0 Å². The average molecular weight is 787 g/mol. The molecule has 0 spiro atoms. The number of hydrogen-bond acceptors (Lipinski definition) is 4. The van der Waals surface area contributed by atoms with Gasteiger partial charge >= 0.3 is 0 Å². The number of benzene rings is 8. The van der Waals surface area contributed by atoms with E-state index in [2.05, 4.69) is 182 Å². The molecular weight excluding hydrogens is 753 g/mol. The summed E-state index contributed by atoms with van der Waals surface area (Å²) in [6, 6.07) is 65.8. The van der Waals surface area contributed by atoms with E-state index in [1.165, 1.54) is 72.5 Å². The Hall–Kier alpha value is -5.36. The zero-order valence-electron chi connectivity index (χ0n) is 30.4. The molecule has 8 aromatic rings. The van der Waals surface area contributed by atoms with Crippen LogP contribution < -0.4 is 0 Å². The summed E-state index contributed by atoms with van der Waals surface area (Å²) >= 11 is 7.47. The van der Waals surface area contributed by atoms with Crippen molar-refractivity contribution in [2.45, 2.75) is 39.2 Å². The van der Waals surface area contributed by atoms with Crippen molar-refractivity contribution in [3.05, 3.63) is 217 Å². The van der Waals surface area contributed by atoms with Crippen LogP contribution in [0.4, 0.5) is 0 Å². The zero-order valence-corrected chi connectivity index (χ0v) is 33.6. The van der Waals surface area contributed by atoms with Gasteiger partial charge in [0, 0.05) is 50.3 Å². The molecule has 0 saturated carbocycles. The average Bonchev–Trinajstić information content (AvgIpc) is 3.27. The number of hydrogen-bond donors (Lipinski definition) is 0. The summed E-state index contributed by atoms with van der Waals surface area (Å²) in [5.41, 5.74) is 13.7. The van der Waals surface area contributed by atoms with Gasteiger partial charge in [-0.2, -0.15) is 0 Å². The molecule has 2 heterocycles. The van der Waals surface area contributed by atoms with E-state index >= 15 is 0 Å². The zero-order chi connectivity index (χ0) is 37.6. The van der Waals surface area contributed by atoms with Crippen LogP contribution in [0.3, 0.4) is 0 Å². The number of rotatable bonds is 7. The lowest BCUT2D eigenvalue weighted by Crippen LogP contribution is -2.03. The van der Waals surface area contributed by atoms with Gasteiger partial charge in [0.1, 0.15) is 0 Å². The first kappa shape index (κ1) is 35.1. The lowest BCUT2D eigenvalue weighted by atomic mass is 9.81. The van der Waals surface area contributed by atoms with Crippen LogP contribution in [0.25, 0.3) is 44.5 Å². The Morgan fingerprint density at radius 1 is 0.304 bits per heavy atom. The molecule has 0 aliphatic carbocycles. The molecule has 8 aromatic carbocycles. The first-order chi connectivity index (χ1) is 27.6. The van der Waals surface area contributed by atoms with Crippen molar-refractivity contribution in [1.29, 1.82) is 0 Å². The summed E-state index contributed by atoms with van der Waals surface area (Å²) in [4.78, 5) is 10.1. The molecule has 0 bridgehead atoms. The van der Waals surface area contributed by atoms with Gasteiger partial charge in [-0.1, -0.05) is 206 Å². The highest BCUT2D eigenvalue weighted by atomic mass is 32.2. The quantitative estimate of drug-likeness (QED) is 0.158. The van der Waals surface area contributed by atoms with Crippen LogP contribution in [0.2, 0.25) is 0 Å². The van der Waals surface area contributed by atoms with Crippen LogP contribution in [-0.2, 0) is 0 Å². The van der Waals surface area contributed by atoms with Crippen molar-refractivity contribution >= 4 is 58.2 Å². The van der Waals surface area contributed by atoms with E-state index in [0.29, 0.717) is 0 Å². The van der Waals surface area contributed by atoms with Gasteiger partial charge in [-0.3, -0.25) is 0 Å². The van der Waals surface area contributed by atoms with E-state index in [4.69, 9.17) is 13.2 Å². The van der Waals surface area contributed by atoms with E-state index in [9.17, 15) is 0 Å². The summed E-state index contributed by atoms with van der Waals surface area (Å²) in [7, 11) is 0. The van der Waals surface area contributed by atoms with Crippen LogP contribution in [-0.4, -0.2) is 0 Å². The first-order valence-electron chi connectivity index (χ1n) is 18.5. The van der Waals surface area contributed by atoms with E-state index in [1.807, 2.05) is 47.0 Å². The van der Waals surface area contributed by atoms with Crippen LogP contribution in [0.1, 0.15) is 22.3 Å². The Kier molecular flexibility index (Phi) is 9.36. The van der Waals surface area contributed by atoms with Gasteiger partial charge < -0.3 is 0 Å². The second-order valence-electron chi connectivity index (χ2n) is 13.7. The van der Waals surface area contributed by atoms with E-state index in [1.54, 1.807) is 0 Å². The third-order valence-corrected chi connectivity index (χ3v) is 15.6. The molecule has 0 aromatic heterocycles.